The normalized spacial score (nSPS) is 13.6. The minimum Gasteiger partial charge on any atom is -0.490 e. The molecular weight excluding hydrogens is 333 g/mol. The number of halogens is 2. The van der Waals surface area contributed by atoms with Gasteiger partial charge in [-0.05, 0) is 23.8 Å². The molecule has 0 saturated carbocycles. The number of nitrogens with one attached hydrogen (secondary N) is 1. The van der Waals surface area contributed by atoms with E-state index in [2.05, 4.69) is 5.32 Å². The fourth-order valence-corrected chi connectivity index (χ4v) is 2.40. The van der Waals surface area contributed by atoms with Crippen molar-refractivity contribution in [1.82, 2.24) is 0 Å². The van der Waals surface area contributed by atoms with Gasteiger partial charge in [0.2, 0.25) is 5.91 Å². The number of hydrogen-bond donors (Lipinski definition) is 1. The smallest absolute Gasteiger partial charge is 0.248 e. The van der Waals surface area contributed by atoms with Gasteiger partial charge in [-0.2, -0.15) is 0 Å². The van der Waals surface area contributed by atoms with Gasteiger partial charge in [-0.3, -0.25) is 4.79 Å². The second-order valence-corrected chi connectivity index (χ2v) is 5.61. The molecule has 0 unspecified atom stereocenters. The highest BCUT2D eigenvalue weighted by Crippen LogP contribution is 2.37. The van der Waals surface area contributed by atoms with Gasteiger partial charge in [0.25, 0.3) is 0 Å². The van der Waals surface area contributed by atoms with Crippen LogP contribution in [0.2, 0.25) is 5.02 Å². The Hall–Kier alpha value is -2.53. The number of hydrogen-bond acceptors (Lipinski definition) is 3. The quantitative estimate of drug-likeness (QED) is 0.842. The second-order valence-electron chi connectivity index (χ2n) is 5.20. The maximum absolute atomic E-state index is 12.8. The van der Waals surface area contributed by atoms with Crippen LogP contribution in [0.5, 0.6) is 11.5 Å². The first kappa shape index (κ1) is 16.3. The van der Waals surface area contributed by atoms with Crippen molar-refractivity contribution >= 4 is 29.3 Å². The molecular formula is C18H15ClFNO3. The Kier molecular flexibility index (Phi) is 5.01. The van der Waals surface area contributed by atoms with Crippen LogP contribution in [-0.4, -0.2) is 19.1 Å². The van der Waals surface area contributed by atoms with Gasteiger partial charge in [0, 0.05) is 24.6 Å². The van der Waals surface area contributed by atoms with Gasteiger partial charge in [0.15, 0.2) is 11.5 Å². The summed E-state index contributed by atoms with van der Waals surface area (Å²) in [6.45, 7) is 1.11. The first-order valence-electron chi connectivity index (χ1n) is 7.45. The van der Waals surface area contributed by atoms with E-state index < -0.39 is 0 Å². The first-order valence-corrected chi connectivity index (χ1v) is 7.83. The van der Waals surface area contributed by atoms with Gasteiger partial charge < -0.3 is 14.8 Å². The minimum absolute atomic E-state index is 0.324. The van der Waals surface area contributed by atoms with Crippen molar-refractivity contribution < 1.29 is 18.7 Å². The molecule has 24 heavy (non-hydrogen) atoms. The largest absolute Gasteiger partial charge is 0.490 e. The lowest BCUT2D eigenvalue weighted by molar-refractivity contribution is -0.111. The third-order valence-electron chi connectivity index (χ3n) is 3.39. The van der Waals surface area contributed by atoms with E-state index in [4.69, 9.17) is 21.1 Å². The van der Waals surface area contributed by atoms with Crippen LogP contribution >= 0.6 is 11.6 Å². The molecule has 1 aliphatic heterocycles. The number of rotatable bonds is 3. The van der Waals surface area contributed by atoms with Gasteiger partial charge >= 0.3 is 0 Å². The van der Waals surface area contributed by atoms with Crippen LogP contribution in [0.1, 0.15) is 12.0 Å². The molecule has 124 valence electrons. The van der Waals surface area contributed by atoms with Crippen LogP contribution in [-0.2, 0) is 4.79 Å². The summed E-state index contributed by atoms with van der Waals surface area (Å²) in [7, 11) is 0. The fraction of sp³-hybridized carbons (Fsp3) is 0.167. The van der Waals surface area contributed by atoms with E-state index in [0.717, 1.165) is 12.0 Å². The van der Waals surface area contributed by atoms with Crippen molar-refractivity contribution in [1.29, 1.82) is 0 Å². The molecule has 0 aliphatic carbocycles. The Morgan fingerprint density at radius 2 is 1.79 bits per heavy atom. The van der Waals surface area contributed by atoms with Crippen molar-refractivity contribution in [3.05, 3.63) is 58.9 Å². The molecule has 3 rings (SSSR count). The number of carbonyl (C=O) groups is 1. The van der Waals surface area contributed by atoms with Crippen LogP contribution in [0.3, 0.4) is 0 Å². The highest BCUT2D eigenvalue weighted by molar-refractivity contribution is 6.34. The number of amides is 1. The van der Waals surface area contributed by atoms with E-state index in [1.165, 1.54) is 18.2 Å². The number of anilines is 1. The molecule has 1 N–H and O–H groups in total. The summed E-state index contributed by atoms with van der Waals surface area (Å²) in [5, 5.41) is 3.06. The van der Waals surface area contributed by atoms with Crippen LogP contribution in [0.25, 0.3) is 6.08 Å². The van der Waals surface area contributed by atoms with Crippen LogP contribution in [0.4, 0.5) is 10.1 Å². The monoisotopic (exact) mass is 347 g/mol. The van der Waals surface area contributed by atoms with E-state index in [1.807, 2.05) is 0 Å². The van der Waals surface area contributed by atoms with E-state index in [9.17, 15) is 9.18 Å². The number of fused-ring (bicyclic) bond motifs is 1. The molecule has 0 fully saturated rings. The molecule has 0 atom stereocenters. The second kappa shape index (κ2) is 7.36. The molecule has 0 bridgehead atoms. The molecule has 1 heterocycles. The third kappa shape index (κ3) is 4.06. The molecule has 2 aromatic carbocycles. The van der Waals surface area contributed by atoms with E-state index in [0.29, 0.717) is 35.4 Å². The van der Waals surface area contributed by atoms with Crippen LogP contribution in [0.15, 0.2) is 42.5 Å². The molecule has 1 amide bonds. The fourth-order valence-electron chi connectivity index (χ4n) is 2.20. The SMILES string of the molecule is O=C(/C=C/c1ccc(F)cc1)Nc1cc2c(cc1Cl)OCCCO2. The predicted octanol–water partition coefficient (Wildman–Crippen LogP) is 4.29. The topological polar surface area (TPSA) is 47.6 Å². The summed E-state index contributed by atoms with van der Waals surface area (Å²) >= 11 is 6.18. The summed E-state index contributed by atoms with van der Waals surface area (Å²) in [6.07, 6.45) is 3.73. The van der Waals surface area contributed by atoms with Crippen molar-refractivity contribution in [2.24, 2.45) is 0 Å². The molecule has 4 nitrogen and oxygen atoms in total. The molecule has 0 radical (unpaired) electrons. The molecule has 0 saturated heterocycles. The number of carbonyl (C=O) groups excluding carboxylic acids is 1. The Labute approximate surface area is 143 Å². The summed E-state index contributed by atoms with van der Waals surface area (Å²) in [5.41, 5.74) is 1.16. The Bertz CT molecular complexity index is 775. The van der Waals surface area contributed by atoms with Gasteiger partial charge in [0.05, 0.1) is 23.9 Å². The molecule has 6 heteroatoms. The van der Waals surface area contributed by atoms with Crippen molar-refractivity contribution in [3.63, 3.8) is 0 Å². The summed E-state index contributed by atoms with van der Waals surface area (Å²) in [6, 6.07) is 9.10. The standard InChI is InChI=1S/C18H15ClFNO3/c19-14-10-16-17(24-9-1-8-23-16)11-15(14)21-18(22)7-4-12-2-5-13(20)6-3-12/h2-7,10-11H,1,8-9H2,(H,21,22)/b7-4+. The zero-order valence-electron chi connectivity index (χ0n) is 12.7. The Balaban J connectivity index is 1.72. The third-order valence-corrected chi connectivity index (χ3v) is 3.70. The van der Waals surface area contributed by atoms with Gasteiger partial charge in [-0.15, -0.1) is 0 Å². The maximum atomic E-state index is 12.8. The molecule has 1 aliphatic rings. The van der Waals surface area contributed by atoms with Gasteiger partial charge in [-0.25, -0.2) is 4.39 Å². The Morgan fingerprint density at radius 3 is 2.50 bits per heavy atom. The summed E-state index contributed by atoms with van der Waals surface area (Å²) in [4.78, 5) is 12.0. The molecule has 0 aromatic heterocycles. The van der Waals surface area contributed by atoms with Gasteiger partial charge in [0.1, 0.15) is 5.82 Å². The zero-order chi connectivity index (χ0) is 16.9. The van der Waals surface area contributed by atoms with E-state index in [1.54, 1.807) is 30.3 Å². The van der Waals surface area contributed by atoms with Crippen molar-refractivity contribution in [2.75, 3.05) is 18.5 Å². The number of benzene rings is 2. The van der Waals surface area contributed by atoms with E-state index in [-0.39, 0.29) is 11.7 Å². The average Bonchev–Trinajstić information content (AvgIpc) is 2.79. The van der Waals surface area contributed by atoms with Crippen molar-refractivity contribution in [3.8, 4) is 11.5 Å². The van der Waals surface area contributed by atoms with Crippen molar-refractivity contribution in [2.45, 2.75) is 6.42 Å². The van der Waals surface area contributed by atoms with Crippen LogP contribution in [0, 0.1) is 5.82 Å². The van der Waals surface area contributed by atoms with E-state index >= 15 is 0 Å². The molecule has 0 spiro atoms. The highest BCUT2D eigenvalue weighted by atomic mass is 35.5. The lowest BCUT2D eigenvalue weighted by atomic mass is 10.2. The average molecular weight is 348 g/mol. The Morgan fingerprint density at radius 1 is 1.12 bits per heavy atom. The lowest BCUT2D eigenvalue weighted by Crippen LogP contribution is -2.08. The molecule has 2 aromatic rings. The summed E-state index contributed by atoms with van der Waals surface area (Å²) < 4.78 is 24.0. The minimum atomic E-state index is -0.351. The predicted molar refractivity (Wildman–Crippen MR) is 91.1 cm³/mol. The highest BCUT2D eigenvalue weighted by Gasteiger charge is 2.14. The van der Waals surface area contributed by atoms with Crippen LogP contribution < -0.4 is 14.8 Å². The zero-order valence-corrected chi connectivity index (χ0v) is 13.5. The lowest BCUT2D eigenvalue weighted by Gasteiger charge is -2.11. The van der Waals surface area contributed by atoms with Gasteiger partial charge in [-0.1, -0.05) is 23.7 Å². The maximum Gasteiger partial charge on any atom is 0.248 e. The number of ether oxygens (including phenoxy) is 2. The summed E-state index contributed by atoms with van der Waals surface area (Å²) in [5.74, 6) is 0.443. The first-order chi connectivity index (χ1) is 11.6.